The van der Waals surface area contributed by atoms with Crippen LogP contribution in [0.2, 0.25) is 0 Å². The SMILES string of the molecule is Cc1cc(CCCCc2ccc(N)c(C)c2)ccc1N. The maximum atomic E-state index is 5.84. The molecule has 0 atom stereocenters. The van der Waals surface area contributed by atoms with E-state index in [1.807, 2.05) is 12.1 Å². The lowest BCUT2D eigenvalue weighted by Crippen LogP contribution is -1.94. The number of hydrogen-bond acceptors (Lipinski definition) is 2. The van der Waals surface area contributed by atoms with Crippen LogP contribution in [0.4, 0.5) is 11.4 Å². The van der Waals surface area contributed by atoms with Crippen molar-refractivity contribution >= 4 is 11.4 Å². The summed E-state index contributed by atoms with van der Waals surface area (Å²) >= 11 is 0. The summed E-state index contributed by atoms with van der Waals surface area (Å²) < 4.78 is 0. The quantitative estimate of drug-likeness (QED) is 0.635. The fourth-order valence-corrected chi connectivity index (χ4v) is 2.44. The standard InChI is InChI=1S/C18H24N2/c1-13-11-15(7-9-17(13)19)5-3-4-6-16-8-10-18(20)14(2)12-16/h7-12H,3-6,19-20H2,1-2H3. The number of unbranched alkanes of at least 4 members (excludes halogenated alkanes) is 1. The summed E-state index contributed by atoms with van der Waals surface area (Å²) in [5.41, 5.74) is 18.5. The fourth-order valence-electron chi connectivity index (χ4n) is 2.44. The average molecular weight is 268 g/mol. The number of nitrogens with two attached hydrogens (primary N) is 2. The highest BCUT2D eigenvalue weighted by atomic mass is 14.6. The smallest absolute Gasteiger partial charge is 0.0343 e. The molecule has 2 nitrogen and oxygen atoms in total. The molecule has 0 bridgehead atoms. The second kappa shape index (κ2) is 6.47. The maximum absolute atomic E-state index is 5.84. The number of benzene rings is 2. The van der Waals surface area contributed by atoms with Crippen LogP contribution in [0.1, 0.15) is 35.1 Å². The normalized spacial score (nSPS) is 10.7. The first kappa shape index (κ1) is 14.4. The van der Waals surface area contributed by atoms with Crippen LogP contribution in [-0.4, -0.2) is 0 Å². The number of hydrogen-bond donors (Lipinski definition) is 2. The average Bonchev–Trinajstić information content (AvgIpc) is 2.42. The van der Waals surface area contributed by atoms with E-state index in [-0.39, 0.29) is 0 Å². The van der Waals surface area contributed by atoms with E-state index < -0.39 is 0 Å². The van der Waals surface area contributed by atoms with Gasteiger partial charge < -0.3 is 11.5 Å². The van der Waals surface area contributed by atoms with Crippen molar-refractivity contribution in [1.29, 1.82) is 0 Å². The Labute approximate surface area is 121 Å². The van der Waals surface area contributed by atoms with Crippen molar-refractivity contribution in [3.63, 3.8) is 0 Å². The number of nitrogen functional groups attached to an aromatic ring is 2. The zero-order valence-corrected chi connectivity index (χ0v) is 12.4. The lowest BCUT2D eigenvalue weighted by molar-refractivity contribution is 0.734. The van der Waals surface area contributed by atoms with E-state index in [9.17, 15) is 0 Å². The predicted molar refractivity (Wildman–Crippen MR) is 87.8 cm³/mol. The van der Waals surface area contributed by atoms with E-state index in [0.29, 0.717) is 0 Å². The van der Waals surface area contributed by atoms with Gasteiger partial charge in [0, 0.05) is 11.4 Å². The third-order valence-electron chi connectivity index (χ3n) is 3.85. The second-order valence-corrected chi connectivity index (χ2v) is 5.59. The molecule has 0 aromatic heterocycles. The molecule has 0 fully saturated rings. The molecule has 2 heteroatoms. The van der Waals surface area contributed by atoms with Crippen LogP contribution in [-0.2, 0) is 12.8 Å². The van der Waals surface area contributed by atoms with Gasteiger partial charge in [0.05, 0.1) is 0 Å². The molecule has 0 heterocycles. The van der Waals surface area contributed by atoms with Crippen LogP contribution in [0.25, 0.3) is 0 Å². The van der Waals surface area contributed by atoms with E-state index in [1.54, 1.807) is 0 Å². The molecule has 0 unspecified atom stereocenters. The van der Waals surface area contributed by atoms with E-state index in [2.05, 4.69) is 38.1 Å². The summed E-state index contributed by atoms with van der Waals surface area (Å²) in [5.74, 6) is 0. The third-order valence-corrected chi connectivity index (χ3v) is 3.85. The second-order valence-electron chi connectivity index (χ2n) is 5.59. The van der Waals surface area contributed by atoms with Crippen molar-refractivity contribution in [2.24, 2.45) is 0 Å². The summed E-state index contributed by atoms with van der Waals surface area (Å²) in [6.07, 6.45) is 4.64. The lowest BCUT2D eigenvalue weighted by Gasteiger charge is -2.07. The lowest BCUT2D eigenvalue weighted by atomic mass is 10.0. The van der Waals surface area contributed by atoms with Gasteiger partial charge in [-0.25, -0.2) is 0 Å². The minimum absolute atomic E-state index is 0.881. The van der Waals surface area contributed by atoms with E-state index >= 15 is 0 Å². The summed E-state index contributed by atoms with van der Waals surface area (Å²) in [6.45, 7) is 4.13. The highest BCUT2D eigenvalue weighted by Gasteiger charge is 2.00. The van der Waals surface area contributed by atoms with Crippen molar-refractivity contribution < 1.29 is 0 Å². The highest BCUT2D eigenvalue weighted by Crippen LogP contribution is 2.17. The molecule has 0 spiro atoms. The number of anilines is 2. The molecule has 0 radical (unpaired) electrons. The molecule has 0 aliphatic rings. The molecule has 0 saturated heterocycles. The fraction of sp³-hybridized carbons (Fsp3) is 0.333. The first-order chi connectivity index (χ1) is 9.56. The minimum Gasteiger partial charge on any atom is -0.399 e. The van der Waals surface area contributed by atoms with Crippen LogP contribution in [0.5, 0.6) is 0 Å². The Morgan fingerprint density at radius 2 is 1.10 bits per heavy atom. The van der Waals surface area contributed by atoms with Gasteiger partial charge in [0.25, 0.3) is 0 Å². The van der Waals surface area contributed by atoms with Crippen LogP contribution in [0.3, 0.4) is 0 Å². The van der Waals surface area contributed by atoms with E-state index in [0.717, 1.165) is 24.2 Å². The molecule has 2 rings (SSSR count). The van der Waals surface area contributed by atoms with Crippen molar-refractivity contribution in [2.45, 2.75) is 39.5 Å². The van der Waals surface area contributed by atoms with E-state index in [1.165, 1.54) is 35.1 Å². The van der Waals surface area contributed by atoms with Crippen LogP contribution < -0.4 is 11.5 Å². The maximum Gasteiger partial charge on any atom is 0.0343 e. The van der Waals surface area contributed by atoms with Gasteiger partial charge in [-0.05, 0) is 73.9 Å². The molecule has 2 aromatic rings. The molecular formula is C18H24N2. The molecule has 20 heavy (non-hydrogen) atoms. The Morgan fingerprint density at radius 1 is 0.700 bits per heavy atom. The highest BCUT2D eigenvalue weighted by molar-refractivity contribution is 5.48. The van der Waals surface area contributed by atoms with E-state index in [4.69, 9.17) is 11.5 Å². The van der Waals surface area contributed by atoms with Gasteiger partial charge in [-0.1, -0.05) is 24.3 Å². The van der Waals surface area contributed by atoms with Crippen molar-refractivity contribution in [3.8, 4) is 0 Å². The molecule has 0 amide bonds. The van der Waals surface area contributed by atoms with Gasteiger partial charge in [0.1, 0.15) is 0 Å². The predicted octanol–water partition coefficient (Wildman–Crippen LogP) is 4.03. The molecule has 0 aliphatic carbocycles. The summed E-state index contributed by atoms with van der Waals surface area (Å²) in [5, 5.41) is 0. The van der Waals surface area contributed by atoms with Gasteiger partial charge in [0.2, 0.25) is 0 Å². The monoisotopic (exact) mass is 268 g/mol. The number of aryl methyl sites for hydroxylation is 4. The van der Waals surface area contributed by atoms with Gasteiger partial charge in [-0.3, -0.25) is 0 Å². The van der Waals surface area contributed by atoms with Gasteiger partial charge >= 0.3 is 0 Å². The first-order valence-corrected chi connectivity index (χ1v) is 7.26. The van der Waals surface area contributed by atoms with Gasteiger partial charge in [-0.15, -0.1) is 0 Å². The van der Waals surface area contributed by atoms with Gasteiger partial charge in [0.15, 0.2) is 0 Å². The Hall–Kier alpha value is -1.96. The van der Waals surface area contributed by atoms with Crippen LogP contribution in [0, 0.1) is 13.8 Å². The molecule has 0 aliphatic heterocycles. The zero-order valence-electron chi connectivity index (χ0n) is 12.4. The Bertz CT molecular complexity index is 534. The zero-order chi connectivity index (χ0) is 14.5. The van der Waals surface area contributed by atoms with Gasteiger partial charge in [-0.2, -0.15) is 0 Å². The van der Waals surface area contributed by atoms with Crippen molar-refractivity contribution in [2.75, 3.05) is 11.5 Å². The molecule has 4 N–H and O–H groups in total. The molecule has 0 saturated carbocycles. The minimum atomic E-state index is 0.881. The molecule has 2 aromatic carbocycles. The first-order valence-electron chi connectivity index (χ1n) is 7.26. The summed E-state index contributed by atoms with van der Waals surface area (Å²) in [4.78, 5) is 0. The summed E-state index contributed by atoms with van der Waals surface area (Å²) in [6, 6.07) is 12.7. The Balaban J connectivity index is 1.81. The largest absolute Gasteiger partial charge is 0.399 e. The van der Waals surface area contributed by atoms with Crippen LogP contribution >= 0.6 is 0 Å². The molecule has 106 valence electrons. The van der Waals surface area contributed by atoms with Crippen molar-refractivity contribution in [1.82, 2.24) is 0 Å². The third kappa shape index (κ3) is 3.77. The summed E-state index contributed by atoms with van der Waals surface area (Å²) in [7, 11) is 0. The number of rotatable bonds is 5. The Kier molecular flexibility index (Phi) is 4.67. The molecular weight excluding hydrogens is 244 g/mol. The van der Waals surface area contributed by atoms with Crippen LogP contribution in [0.15, 0.2) is 36.4 Å². The Morgan fingerprint density at radius 3 is 1.45 bits per heavy atom. The topological polar surface area (TPSA) is 52.0 Å². The van der Waals surface area contributed by atoms with Crippen molar-refractivity contribution in [3.05, 3.63) is 58.7 Å².